The van der Waals surface area contributed by atoms with Gasteiger partial charge in [0, 0.05) is 21.6 Å². The van der Waals surface area contributed by atoms with Crippen molar-refractivity contribution in [3.05, 3.63) is 64.8 Å². The van der Waals surface area contributed by atoms with Crippen LogP contribution in [0.2, 0.25) is 0 Å². The van der Waals surface area contributed by atoms with Gasteiger partial charge in [0.15, 0.2) is 0 Å². The number of fused-ring (bicyclic) bond motifs is 1. The van der Waals surface area contributed by atoms with Crippen molar-refractivity contribution < 1.29 is 22.7 Å². The number of para-hydroxylation sites is 1. The molecule has 0 saturated carbocycles. The summed E-state index contributed by atoms with van der Waals surface area (Å²) in [5.74, 6) is -1.17. The molecule has 0 spiro atoms. The van der Waals surface area contributed by atoms with E-state index in [4.69, 9.17) is 4.74 Å². The third-order valence-electron chi connectivity index (χ3n) is 3.69. The van der Waals surface area contributed by atoms with Crippen LogP contribution in [0, 0.1) is 0 Å². The number of hydrogen-bond acceptors (Lipinski definition) is 2. The second-order valence-electron chi connectivity index (χ2n) is 5.39. The number of nitrogens with zero attached hydrogens (tertiary/aromatic N) is 1. The molecule has 0 fully saturated rings. The fourth-order valence-electron chi connectivity index (χ4n) is 2.57. The number of ketones is 1. The molecule has 0 saturated heterocycles. The number of carbonyl (C=O) groups is 1. The van der Waals surface area contributed by atoms with Gasteiger partial charge in [0.05, 0.1) is 12.1 Å². The fraction of sp³-hybridized carbons (Fsp3) is 0.167. The predicted molar refractivity (Wildman–Crippen MR) is 92.0 cm³/mol. The number of alkyl halides is 3. The van der Waals surface area contributed by atoms with Crippen molar-refractivity contribution in [2.24, 2.45) is 0 Å². The summed E-state index contributed by atoms with van der Waals surface area (Å²) < 4.78 is 46.3. The van der Waals surface area contributed by atoms with Gasteiger partial charge in [-0.3, -0.25) is 4.79 Å². The first kappa shape index (κ1) is 17.5. The van der Waals surface area contributed by atoms with Crippen molar-refractivity contribution in [1.82, 2.24) is 4.57 Å². The largest absolute Gasteiger partial charge is 0.492 e. The van der Waals surface area contributed by atoms with Gasteiger partial charge in [-0.05, 0) is 30.3 Å². The van der Waals surface area contributed by atoms with Gasteiger partial charge in [-0.25, -0.2) is 0 Å². The van der Waals surface area contributed by atoms with E-state index in [-0.39, 0.29) is 17.6 Å². The highest BCUT2D eigenvalue weighted by Crippen LogP contribution is 2.30. The Morgan fingerprint density at radius 2 is 1.84 bits per heavy atom. The van der Waals surface area contributed by atoms with Crippen LogP contribution in [0.25, 0.3) is 10.9 Å². The molecule has 3 nitrogen and oxygen atoms in total. The Bertz CT molecular complexity index is 904. The van der Waals surface area contributed by atoms with E-state index in [1.54, 1.807) is 28.8 Å². The van der Waals surface area contributed by atoms with Gasteiger partial charge in [-0.1, -0.05) is 34.1 Å². The third kappa shape index (κ3) is 3.87. The SMILES string of the molecule is O=C(c1cn(CCOc2ccccc2)c2ccc(Br)cc12)C(F)(F)F. The summed E-state index contributed by atoms with van der Waals surface area (Å²) in [6, 6.07) is 14.0. The molecule has 3 rings (SSSR count). The molecule has 0 radical (unpaired) electrons. The average Bonchev–Trinajstić information content (AvgIpc) is 2.92. The standard InChI is InChI=1S/C18H13BrF3NO2/c19-12-6-7-16-14(10-12)15(17(24)18(20,21)22)11-23(16)8-9-25-13-4-2-1-3-5-13/h1-7,10-11H,8-9H2. The van der Waals surface area contributed by atoms with Crippen molar-refractivity contribution >= 4 is 32.6 Å². The molecule has 1 heterocycles. The van der Waals surface area contributed by atoms with Crippen molar-refractivity contribution in [2.75, 3.05) is 6.61 Å². The molecule has 1 aromatic heterocycles. The zero-order chi connectivity index (χ0) is 18.0. The third-order valence-corrected chi connectivity index (χ3v) is 4.18. The molecule has 0 amide bonds. The number of Topliss-reactive ketones (excluding diaryl/α,β-unsaturated/α-hetero) is 1. The lowest BCUT2D eigenvalue weighted by atomic mass is 10.1. The van der Waals surface area contributed by atoms with E-state index < -0.39 is 12.0 Å². The van der Waals surface area contributed by atoms with E-state index in [1.165, 1.54) is 12.3 Å². The highest BCUT2D eigenvalue weighted by Gasteiger charge is 2.40. The fourth-order valence-corrected chi connectivity index (χ4v) is 2.93. The van der Waals surface area contributed by atoms with Crippen LogP contribution in [-0.2, 0) is 6.54 Å². The summed E-state index contributed by atoms with van der Waals surface area (Å²) in [5, 5.41) is 0.261. The number of ether oxygens (including phenoxy) is 1. The number of carbonyl (C=O) groups excluding carboxylic acids is 1. The molecule has 7 heteroatoms. The van der Waals surface area contributed by atoms with Crippen LogP contribution in [0.1, 0.15) is 10.4 Å². The van der Waals surface area contributed by atoms with E-state index in [0.29, 0.717) is 22.3 Å². The van der Waals surface area contributed by atoms with Crippen LogP contribution < -0.4 is 4.74 Å². The Morgan fingerprint density at radius 3 is 2.52 bits per heavy atom. The summed E-state index contributed by atoms with van der Waals surface area (Å²) in [7, 11) is 0. The Labute approximate surface area is 150 Å². The summed E-state index contributed by atoms with van der Waals surface area (Å²) in [4.78, 5) is 11.7. The molecular formula is C18H13BrF3NO2. The quantitative estimate of drug-likeness (QED) is 0.538. The second kappa shape index (κ2) is 6.92. The van der Waals surface area contributed by atoms with Crippen LogP contribution in [0.4, 0.5) is 13.2 Å². The molecule has 0 atom stereocenters. The molecule has 2 aromatic carbocycles. The smallest absolute Gasteiger partial charge is 0.454 e. The topological polar surface area (TPSA) is 31.2 Å². The maximum Gasteiger partial charge on any atom is 0.454 e. The molecule has 130 valence electrons. The highest BCUT2D eigenvalue weighted by atomic mass is 79.9. The van der Waals surface area contributed by atoms with Gasteiger partial charge in [-0.15, -0.1) is 0 Å². The first-order valence-corrected chi connectivity index (χ1v) is 8.23. The van der Waals surface area contributed by atoms with Crippen LogP contribution >= 0.6 is 15.9 Å². The highest BCUT2D eigenvalue weighted by molar-refractivity contribution is 9.10. The lowest BCUT2D eigenvalue weighted by Gasteiger charge is -2.08. The van der Waals surface area contributed by atoms with Crippen LogP contribution in [-0.4, -0.2) is 23.1 Å². The van der Waals surface area contributed by atoms with Gasteiger partial charge in [0.25, 0.3) is 5.78 Å². The first-order chi connectivity index (χ1) is 11.9. The number of benzene rings is 2. The number of halogens is 4. The number of hydrogen-bond donors (Lipinski definition) is 0. The Kier molecular flexibility index (Phi) is 4.85. The van der Waals surface area contributed by atoms with Gasteiger partial charge in [-0.2, -0.15) is 13.2 Å². The van der Waals surface area contributed by atoms with E-state index in [0.717, 1.165) is 0 Å². The maximum absolute atomic E-state index is 12.9. The van der Waals surface area contributed by atoms with E-state index >= 15 is 0 Å². The van der Waals surface area contributed by atoms with E-state index in [1.807, 2.05) is 18.2 Å². The van der Waals surface area contributed by atoms with Crippen molar-refractivity contribution in [1.29, 1.82) is 0 Å². The Hall–Kier alpha value is -2.28. The molecule has 0 bridgehead atoms. The normalized spacial score (nSPS) is 11.7. The van der Waals surface area contributed by atoms with E-state index in [2.05, 4.69) is 15.9 Å². The summed E-state index contributed by atoms with van der Waals surface area (Å²) in [5.41, 5.74) is 0.191. The van der Waals surface area contributed by atoms with Crippen LogP contribution in [0.15, 0.2) is 59.2 Å². The minimum absolute atomic E-state index is 0.261. The van der Waals surface area contributed by atoms with Crippen LogP contribution in [0.3, 0.4) is 0 Å². The Morgan fingerprint density at radius 1 is 1.12 bits per heavy atom. The zero-order valence-electron chi connectivity index (χ0n) is 12.9. The first-order valence-electron chi connectivity index (χ1n) is 7.44. The number of aromatic nitrogens is 1. The van der Waals surface area contributed by atoms with E-state index in [9.17, 15) is 18.0 Å². The molecule has 0 aliphatic carbocycles. The molecule has 0 N–H and O–H groups in total. The van der Waals surface area contributed by atoms with Crippen LogP contribution in [0.5, 0.6) is 5.75 Å². The summed E-state index contributed by atoms with van der Waals surface area (Å²) >= 11 is 3.23. The Balaban J connectivity index is 1.89. The van der Waals surface area contributed by atoms with Gasteiger partial charge < -0.3 is 9.30 Å². The zero-order valence-corrected chi connectivity index (χ0v) is 14.5. The van der Waals surface area contributed by atoms with Crippen molar-refractivity contribution in [2.45, 2.75) is 12.7 Å². The van der Waals surface area contributed by atoms with Gasteiger partial charge in [0.1, 0.15) is 12.4 Å². The lowest BCUT2D eigenvalue weighted by molar-refractivity contribution is -0.0884. The monoisotopic (exact) mass is 411 g/mol. The molecule has 0 unspecified atom stereocenters. The minimum atomic E-state index is -4.91. The average molecular weight is 412 g/mol. The minimum Gasteiger partial charge on any atom is -0.492 e. The summed E-state index contributed by atoms with van der Waals surface area (Å²) in [6.07, 6.45) is -3.68. The second-order valence-corrected chi connectivity index (χ2v) is 6.30. The molecule has 0 aliphatic rings. The molecular weight excluding hydrogens is 399 g/mol. The van der Waals surface area contributed by atoms with Crippen molar-refractivity contribution in [3.8, 4) is 5.75 Å². The molecule has 25 heavy (non-hydrogen) atoms. The molecule has 3 aromatic rings. The number of rotatable bonds is 5. The lowest BCUT2D eigenvalue weighted by Crippen LogP contribution is -2.22. The molecule has 0 aliphatic heterocycles. The maximum atomic E-state index is 12.9. The summed E-state index contributed by atoms with van der Waals surface area (Å²) in [6.45, 7) is 0.585. The predicted octanol–water partition coefficient (Wildman–Crippen LogP) is 5.23. The van der Waals surface area contributed by atoms with Crippen molar-refractivity contribution in [3.63, 3.8) is 0 Å². The van der Waals surface area contributed by atoms with Gasteiger partial charge >= 0.3 is 6.18 Å². The van der Waals surface area contributed by atoms with Gasteiger partial charge in [0.2, 0.25) is 0 Å².